The van der Waals surface area contributed by atoms with Gasteiger partial charge in [-0.25, -0.2) is 9.97 Å². The summed E-state index contributed by atoms with van der Waals surface area (Å²) in [6.07, 6.45) is 5.07. The van der Waals surface area contributed by atoms with E-state index in [1.54, 1.807) is 12.4 Å². The third kappa shape index (κ3) is 3.90. The molecule has 0 amide bonds. The largest absolute Gasteiger partial charge is 0.436 e. The zero-order chi connectivity index (χ0) is 21.9. The van der Waals surface area contributed by atoms with Crippen LogP contribution in [0.1, 0.15) is 11.8 Å². The minimum atomic E-state index is 0.308. The first-order valence-electron chi connectivity index (χ1n) is 10.3. The van der Waals surface area contributed by atoms with Crippen LogP contribution in [-0.4, -0.2) is 58.5 Å². The molecule has 0 bridgehead atoms. The Kier molecular flexibility index (Phi) is 5.25. The van der Waals surface area contributed by atoms with Gasteiger partial charge < -0.3 is 18.6 Å². The van der Waals surface area contributed by atoms with E-state index in [1.165, 1.54) is 0 Å². The zero-order valence-corrected chi connectivity index (χ0v) is 17.2. The molecule has 0 atom stereocenters. The summed E-state index contributed by atoms with van der Waals surface area (Å²) in [6.45, 7) is 2.70. The maximum atomic E-state index is 11.7. The van der Waals surface area contributed by atoms with E-state index in [1.807, 2.05) is 58.3 Å². The number of carbonyl (C=O) groups excluding carboxylic acids is 2. The van der Waals surface area contributed by atoms with Gasteiger partial charge >= 0.3 is 0 Å². The second-order valence-electron chi connectivity index (χ2n) is 7.45. The maximum Gasteiger partial charge on any atom is 0.232 e. The Bertz CT molecular complexity index is 1170. The Morgan fingerprint density at radius 2 is 1.09 bits per heavy atom. The van der Waals surface area contributed by atoms with Crippen LogP contribution in [0.3, 0.4) is 0 Å². The summed E-state index contributed by atoms with van der Waals surface area (Å²) in [5, 5.41) is 0. The second kappa shape index (κ2) is 8.50. The first kappa shape index (κ1) is 19.7. The van der Waals surface area contributed by atoms with Crippen molar-refractivity contribution in [3.05, 3.63) is 72.7 Å². The summed E-state index contributed by atoms with van der Waals surface area (Å²) in [6, 6.07) is 14.8. The predicted molar refractivity (Wildman–Crippen MR) is 119 cm³/mol. The first-order valence-corrected chi connectivity index (χ1v) is 10.3. The molecule has 8 heteroatoms. The molecule has 4 aromatic rings. The average molecular weight is 428 g/mol. The molecule has 1 fully saturated rings. The summed E-state index contributed by atoms with van der Waals surface area (Å²) < 4.78 is 11.4. The van der Waals surface area contributed by atoms with Crippen LogP contribution in [0, 0.1) is 0 Å². The van der Waals surface area contributed by atoms with Gasteiger partial charge in [0.25, 0.3) is 0 Å². The van der Waals surface area contributed by atoms with Gasteiger partial charge in [0.05, 0.1) is 11.1 Å². The standard InChI is InChI=1S/C24H20N4O4/c29-15-17(23-25-19-5-1-3-7-21(19)31-23)13-27-9-11-28(12-10-27)14-18(16-30)24-26-20-6-2-4-8-22(20)32-24/h1-8,13-16H,9-12H2/b17-13+,18-14+. The quantitative estimate of drug-likeness (QED) is 0.341. The smallest absolute Gasteiger partial charge is 0.232 e. The van der Waals surface area contributed by atoms with Crippen LogP contribution < -0.4 is 0 Å². The third-order valence-electron chi connectivity index (χ3n) is 5.33. The Hall–Kier alpha value is -4.20. The van der Waals surface area contributed by atoms with Crippen molar-refractivity contribution in [2.24, 2.45) is 0 Å². The number of benzene rings is 2. The van der Waals surface area contributed by atoms with Gasteiger partial charge in [-0.3, -0.25) is 9.59 Å². The summed E-state index contributed by atoms with van der Waals surface area (Å²) in [5.41, 5.74) is 3.50. The number of aromatic nitrogens is 2. The Labute approximate surface area is 183 Å². The lowest BCUT2D eigenvalue weighted by Gasteiger charge is -2.33. The van der Waals surface area contributed by atoms with E-state index in [9.17, 15) is 9.59 Å². The van der Waals surface area contributed by atoms with Gasteiger partial charge in [0.15, 0.2) is 23.7 Å². The number of nitrogens with zero attached hydrogens (tertiary/aromatic N) is 4. The molecular weight excluding hydrogens is 408 g/mol. The first-order chi connectivity index (χ1) is 15.7. The van der Waals surface area contributed by atoms with Gasteiger partial charge in [0.1, 0.15) is 11.0 Å². The Morgan fingerprint density at radius 1 is 0.688 bits per heavy atom. The van der Waals surface area contributed by atoms with Crippen molar-refractivity contribution in [1.29, 1.82) is 0 Å². The van der Waals surface area contributed by atoms with Gasteiger partial charge in [-0.1, -0.05) is 24.3 Å². The second-order valence-corrected chi connectivity index (χ2v) is 7.45. The summed E-state index contributed by atoms with van der Waals surface area (Å²) in [4.78, 5) is 36.2. The molecule has 0 unspecified atom stereocenters. The van der Waals surface area contributed by atoms with Crippen molar-refractivity contribution in [1.82, 2.24) is 19.8 Å². The molecule has 0 radical (unpaired) electrons. The van der Waals surface area contributed by atoms with E-state index in [2.05, 4.69) is 9.97 Å². The summed E-state index contributed by atoms with van der Waals surface area (Å²) in [5.74, 6) is 0.616. The van der Waals surface area contributed by atoms with Gasteiger partial charge in [0, 0.05) is 38.6 Å². The number of hydrogen-bond acceptors (Lipinski definition) is 8. The number of aldehydes is 2. The van der Waals surface area contributed by atoms with E-state index >= 15 is 0 Å². The van der Waals surface area contributed by atoms with Gasteiger partial charge in [0.2, 0.25) is 11.8 Å². The lowest BCUT2D eigenvalue weighted by molar-refractivity contribution is -0.104. The highest BCUT2D eigenvalue weighted by molar-refractivity contribution is 6.06. The van der Waals surface area contributed by atoms with Crippen LogP contribution in [0.4, 0.5) is 0 Å². The Balaban J connectivity index is 1.29. The molecule has 1 aliphatic heterocycles. The molecule has 32 heavy (non-hydrogen) atoms. The number of oxazole rings is 2. The Morgan fingerprint density at radius 3 is 1.47 bits per heavy atom. The molecule has 2 aromatic carbocycles. The van der Waals surface area contributed by atoms with Crippen molar-refractivity contribution in [3.63, 3.8) is 0 Å². The molecule has 5 rings (SSSR count). The van der Waals surface area contributed by atoms with E-state index in [0.717, 1.165) is 12.6 Å². The molecule has 1 saturated heterocycles. The SMILES string of the molecule is O=C/C(=C\N1CCN(/C=C(\C=O)c2nc3ccccc3o2)CC1)c1nc2ccccc2o1. The third-order valence-corrected chi connectivity index (χ3v) is 5.33. The number of hydrogen-bond donors (Lipinski definition) is 0. The fraction of sp³-hybridized carbons (Fsp3) is 0.167. The number of rotatable bonds is 6. The monoisotopic (exact) mass is 428 g/mol. The number of carbonyl (C=O) groups is 2. The number of piperazine rings is 1. The van der Waals surface area contributed by atoms with E-state index < -0.39 is 0 Å². The van der Waals surface area contributed by atoms with Crippen molar-refractivity contribution in [3.8, 4) is 0 Å². The van der Waals surface area contributed by atoms with Crippen LogP contribution in [0.5, 0.6) is 0 Å². The van der Waals surface area contributed by atoms with E-state index in [0.29, 0.717) is 71.3 Å². The molecule has 3 heterocycles. The number of fused-ring (bicyclic) bond motifs is 2. The van der Waals surface area contributed by atoms with E-state index in [-0.39, 0.29) is 0 Å². The minimum absolute atomic E-state index is 0.308. The van der Waals surface area contributed by atoms with Gasteiger partial charge in [-0.15, -0.1) is 0 Å². The number of para-hydroxylation sites is 4. The molecule has 0 saturated carbocycles. The van der Waals surface area contributed by atoms with Crippen molar-refractivity contribution >= 4 is 45.9 Å². The van der Waals surface area contributed by atoms with Crippen LogP contribution in [-0.2, 0) is 9.59 Å². The highest BCUT2D eigenvalue weighted by Gasteiger charge is 2.18. The highest BCUT2D eigenvalue weighted by Crippen LogP contribution is 2.22. The fourth-order valence-electron chi connectivity index (χ4n) is 3.65. The molecule has 0 spiro atoms. The number of allylic oxidation sites excluding steroid dienone is 2. The summed E-state index contributed by atoms with van der Waals surface area (Å²) >= 11 is 0. The fourth-order valence-corrected chi connectivity index (χ4v) is 3.65. The molecule has 0 N–H and O–H groups in total. The van der Waals surface area contributed by atoms with Crippen LogP contribution in [0.2, 0.25) is 0 Å². The lowest BCUT2D eigenvalue weighted by Crippen LogP contribution is -2.41. The minimum Gasteiger partial charge on any atom is -0.436 e. The summed E-state index contributed by atoms with van der Waals surface area (Å²) in [7, 11) is 0. The van der Waals surface area contributed by atoms with Crippen LogP contribution in [0.15, 0.2) is 69.8 Å². The molecular formula is C24H20N4O4. The lowest BCUT2D eigenvalue weighted by atomic mass is 10.2. The van der Waals surface area contributed by atoms with Gasteiger partial charge in [-0.05, 0) is 24.3 Å². The maximum absolute atomic E-state index is 11.7. The van der Waals surface area contributed by atoms with Crippen molar-refractivity contribution in [2.45, 2.75) is 0 Å². The molecule has 2 aromatic heterocycles. The molecule has 8 nitrogen and oxygen atoms in total. The normalized spacial score (nSPS) is 15.5. The predicted octanol–water partition coefficient (Wildman–Crippen LogP) is 3.37. The van der Waals surface area contributed by atoms with Crippen LogP contribution in [0.25, 0.3) is 33.3 Å². The molecule has 1 aliphatic rings. The average Bonchev–Trinajstić information content (AvgIpc) is 3.46. The van der Waals surface area contributed by atoms with Crippen LogP contribution >= 0.6 is 0 Å². The zero-order valence-electron chi connectivity index (χ0n) is 17.2. The van der Waals surface area contributed by atoms with E-state index in [4.69, 9.17) is 8.83 Å². The molecule has 160 valence electrons. The highest BCUT2D eigenvalue weighted by atomic mass is 16.4. The van der Waals surface area contributed by atoms with Gasteiger partial charge in [-0.2, -0.15) is 0 Å². The van der Waals surface area contributed by atoms with Crippen molar-refractivity contribution in [2.75, 3.05) is 26.2 Å². The topological polar surface area (TPSA) is 92.7 Å². The van der Waals surface area contributed by atoms with Crippen molar-refractivity contribution < 1.29 is 18.4 Å². The molecule has 0 aliphatic carbocycles.